The van der Waals surface area contributed by atoms with Gasteiger partial charge in [0.25, 0.3) is 0 Å². The van der Waals surface area contributed by atoms with E-state index in [9.17, 15) is 9.50 Å². The monoisotopic (exact) mass is 303 g/mol. The van der Waals surface area contributed by atoms with Crippen LogP contribution >= 0.6 is 0 Å². The molecule has 0 amide bonds. The van der Waals surface area contributed by atoms with E-state index in [4.69, 9.17) is 0 Å². The van der Waals surface area contributed by atoms with Crippen LogP contribution in [0.4, 0.5) is 4.39 Å². The third-order valence-corrected chi connectivity index (χ3v) is 4.37. The number of aryl methyl sites for hydroxylation is 1. The highest BCUT2D eigenvalue weighted by atomic mass is 19.1. The minimum Gasteiger partial charge on any atom is -0.392 e. The van der Waals surface area contributed by atoms with Crippen LogP contribution in [0.1, 0.15) is 30.6 Å². The predicted octanol–water partition coefficient (Wildman–Crippen LogP) is 2.39. The Labute approximate surface area is 130 Å². The lowest BCUT2D eigenvalue weighted by atomic mass is 10.0. The summed E-state index contributed by atoms with van der Waals surface area (Å²) >= 11 is 0. The first-order valence-corrected chi connectivity index (χ1v) is 7.85. The molecule has 1 N–H and O–H groups in total. The molecule has 118 valence electrons. The van der Waals surface area contributed by atoms with Crippen molar-refractivity contribution in [3.63, 3.8) is 0 Å². The minimum atomic E-state index is -0.343. The lowest BCUT2D eigenvalue weighted by Crippen LogP contribution is -2.27. The van der Waals surface area contributed by atoms with Crippen molar-refractivity contribution in [3.8, 4) is 0 Å². The molecule has 0 aliphatic carbocycles. The number of likely N-dealkylation sites (tertiary alicyclic amines) is 1. The molecule has 2 aromatic rings. The highest BCUT2D eigenvalue weighted by molar-refractivity contribution is 5.22. The molecule has 0 spiro atoms. The Balaban J connectivity index is 1.71. The predicted molar refractivity (Wildman–Crippen MR) is 82.9 cm³/mol. The first kappa shape index (κ1) is 15.2. The van der Waals surface area contributed by atoms with Crippen LogP contribution < -0.4 is 0 Å². The molecule has 2 atom stereocenters. The standard InChI is InChI=1S/C17H22FN3O/c1-2-21-15(6-8-19-21)7-9-20-12-16(22)11-17(20)13-4-3-5-14(18)10-13/h3-6,8,10,16-17,22H,2,7,9,11-12H2,1H3/t16-,17+/m1/s1. The zero-order valence-corrected chi connectivity index (χ0v) is 12.8. The summed E-state index contributed by atoms with van der Waals surface area (Å²) in [7, 11) is 0. The Bertz CT molecular complexity index is 628. The van der Waals surface area contributed by atoms with Crippen LogP contribution in [0.15, 0.2) is 36.5 Å². The SMILES string of the molecule is CCn1nccc1CCN1C[C@H](O)C[C@H]1c1cccc(F)c1. The first-order valence-electron chi connectivity index (χ1n) is 7.85. The van der Waals surface area contributed by atoms with Gasteiger partial charge in [-0.15, -0.1) is 0 Å². The molecule has 1 aromatic heterocycles. The third-order valence-electron chi connectivity index (χ3n) is 4.37. The maximum Gasteiger partial charge on any atom is 0.123 e. The van der Waals surface area contributed by atoms with Gasteiger partial charge in [0.1, 0.15) is 5.82 Å². The van der Waals surface area contributed by atoms with Gasteiger partial charge in [-0.3, -0.25) is 9.58 Å². The summed E-state index contributed by atoms with van der Waals surface area (Å²) in [6.45, 7) is 4.41. The van der Waals surface area contributed by atoms with Crippen molar-refractivity contribution >= 4 is 0 Å². The Hall–Kier alpha value is -1.72. The molecule has 3 rings (SSSR count). The van der Waals surface area contributed by atoms with Gasteiger partial charge < -0.3 is 5.11 Å². The van der Waals surface area contributed by atoms with Crippen molar-refractivity contribution in [2.45, 2.75) is 38.5 Å². The number of hydrogen-bond acceptors (Lipinski definition) is 3. The van der Waals surface area contributed by atoms with Crippen LogP contribution in [0.25, 0.3) is 0 Å². The Kier molecular flexibility index (Phi) is 4.55. The number of β-amino-alcohol motifs (C(OH)–C–C–N with tert-alkyl or cyclic N) is 1. The fraction of sp³-hybridized carbons (Fsp3) is 0.471. The molecule has 0 bridgehead atoms. The molecule has 1 aromatic carbocycles. The summed E-state index contributed by atoms with van der Waals surface area (Å²) in [6, 6.07) is 8.83. The smallest absolute Gasteiger partial charge is 0.123 e. The van der Waals surface area contributed by atoms with Gasteiger partial charge >= 0.3 is 0 Å². The lowest BCUT2D eigenvalue weighted by Gasteiger charge is -2.24. The number of halogens is 1. The summed E-state index contributed by atoms with van der Waals surface area (Å²) in [4.78, 5) is 2.24. The maximum absolute atomic E-state index is 13.5. The quantitative estimate of drug-likeness (QED) is 0.922. The van der Waals surface area contributed by atoms with Crippen molar-refractivity contribution < 1.29 is 9.50 Å². The highest BCUT2D eigenvalue weighted by Gasteiger charge is 2.31. The molecule has 1 aliphatic rings. The van der Waals surface area contributed by atoms with Crippen molar-refractivity contribution in [2.24, 2.45) is 0 Å². The summed E-state index contributed by atoms with van der Waals surface area (Å²) in [6.07, 6.45) is 3.02. The van der Waals surface area contributed by atoms with Crippen molar-refractivity contribution in [2.75, 3.05) is 13.1 Å². The fourth-order valence-corrected chi connectivity index (χ4v) is 3.30. The maximum atomic E-state index is 13.5. The van der Waals surface area contributed by atoms with Gasteiger partial charge in [0, 0.05) is 44.0 Å². The molecule has 1 aliphatic heterocycles. The molecule has 0 saturated carbocycles. The summed E-state index contributed by atoms with van der Waals surface area (Å²) in [5.74, 6) is -0.220. The highest BCUT2D eigenvalue weighted by Crippen LogP contribution is 2.32. The Morgan fingerprint density at radius 2 is 2.23 bits per heavy atom. The first-order chi connectivity index (χ1) is 10.7. The molecule has 4 nitrogen and oxygen atoms in total. The molecule has 1 fully saturated rings. The van der Waals surface area contributed by atoms with E-state index in [-0.39, 0.29) is 18.0 Å². The average molecular weight is 303 g/mol. The van der Waals surface area contributed by atoms with Crippen molar-refractivity contribution in [3.05, 3.63) is 53.6 Å². The van der Waals surface area contributed by atoms with E-state index >= 15 is 0 Å². The Morgan fingerprint density at radius 1 is 1.36 bits per heavy atom. The normalized spacial score (nSPS) is 22.3. The van der Waals surface area contributed by atoms with Crippen LogP contribution in [0.5, 0.6) is 0 Å². The minimum absolute atomic E-state index is 0.0868. The second kappa shape index (κ2) is 6.58. The van der Waals surface area contributed by atoms with Crippen LogP contribution in [0.2, 0.25) is 0 Å². The third kappa shape index (κ3) is 3.20. The van der Waals surface area contributed by atoms with Gasteiger partial charge in [-0.1, -0.05) is 12.1 Å². The molecule has 0 radical (unpaired) electrons. The molecule has 0 unspecified atom stereocenters. The van der Waals surface area contributed by atoms with Gasteiger partial charge in [0.15, 0.2) is 0 Å². The summed E-state index contributed by atoms with van der Waals surface area (Å²) in [5.41, 5.74) is 2.14. The number of aliphatic hydroxyl groups excluding tert-OH is 1. The van der Waals surface area contributed by atoms with E-state index in [2.05, 4.69) is 16.9 Å². The zero-order valence-electron chi connectivity index (χ0n) is 12.8. The van der Waals surface area contributed by atoms with Gasteiger partial charge in [-0.25, -0.2) is 4.39 Å². The van der Waals surface area contributed by atoms with Crippen LogP contribution in [0, 0.1) is 5.82 Å². The fourth-order valence-electron chi connectivity index (χ4n) is 3.30. The van der Waals surface area contributed by atoms with Gasteiger partial charge in [-0.2, -0.15) is 5.10 Å². The van der Waals surface area contributed by atoms with E-state index in [1.54, 1.807) is 12.1 Å². The van der Waals surface area contributed by atoms with E-state index in [0.717, 1.165) is 25.1 Å². The Morgan fingerprint density at radius 3 is 3.00 bits per heavy atom. The summed E-state index contributed by atoms with van der Waals surface area (Å²) < 4.78 is 15.4. The topological polar surface area (TPSA) is 41.3 Å². The number of hydrogen-bond donors (Lipinski definition) is 1. The number of rotatable bonds is 5. The lowest BCUT2D eigenvalue weighted by molar-refractivity contribution is 0.175. The van der Waals surface area contributed by atoms with Gasteiger partial charge in [0.2, 0.25) is 0 Å². The summed E-state index contributed by atoms with van der Waals surface area (Å²) in [5, 5.41) is 14.3. The van der Waals surface area contributed by atoms with Crippen LogP contribution in [-0.2, 0) is 13.0 Å². The second-order valence-electron chi connectivity index (χ2n) is 5.84. The molecular formula is C17H22FN3O. The molecule has 1 saturated heterocycles. The molecule has 5 heteroatoms. The van der Waals surface area contributed by atoms with Gasteiger partial charge in [0.05, 0.1) is 6.10 Å². The van der Waals surface area contributed by atoms with E-state index in [1.807, 2.05) is 23.0 Å². The van der Waals surface area contributed by atoms with E-state index in [0.29, 0.717) is 13.0 Å². The molecular weight excluding hydrogens is 281 g/mol. The van der Waals surface area contributed by atoms with E-state index < -0.39 is 0 Å². The van der Waals surface area contributed by atoms with Crippen molar-refractivity contribution in [1.82, 2.24) is 14.7 Å². The zero-order chi connectivity index (χ0) is 15.5. The van der Waals surface area contributed by atoms with Gasteiger partial charge in [-0.05, 0) is 37.1 Å². The number of benzene rings is 1. The molecule has 2 heterocycles. The molecule has 22 heavy (non-hydrogen) atoms. The van der Waals surface area contributed by atoms with Crippen LogP contribution in [-0.4, -0.2) is 39.0 Å². The largest absolute Gasteiger partial charge is 0.392 e. The average Bonchev–Trinajstić information content (AvgIpc) is 3.10. The van der Waals surface area contributed by atoms with Crippen molar-refractivity contribution in [1.29, 1.82) is 0 Å². The number of aromatic nitrogens is 2. The van der Waals surface area contributed by atoms with E-state index in [1.165, 1.54) is 11.8 Å². The number of nitrogens with zero attached hydrogens (tertiary/aromatic N) is 3. The number of aliphatic hydroxyl groups is 1. The van der Waals surface area contributed by atoms with Crippen LogP contribution in [0.3, 0.4) is 0 Å². The second-order valence-corrected chi connectivity index (χ2v) is 5.84.